The van der Waals surface area contributed by atoms with Gasteiger partial charge in [-0.1, -0.05) is 30.3 Å². The van der Waals surface area contributed by atoms with Crippen molar-refractivity contribution in [3.8, 4) is 11.6 Å². The highest BCUT2D eigenvalue weighted by atomic mass is 19.1. The predicted octanol–water partition coefficient (Wildman–Crippen LogP) is 2.84. The van der Waals surface area contributed by atoms with E-state index in [9.17, 15) is 14.3 Å². The maximum atomic E-state index is 13.8. The van der Waals surface area contributed by atoms with Crippen LogP contribution in [0.3, 0.4) is 0 Å². The van der Waals surface area contributed by atoms with E-state index in [-0.39, 0.29) is 11.6 Å². The van der Waals surface area contributed by atoms with Crippen LogP contribution in [0.5, 0.6) is 5.88 Å². The summed E-state index contributed by atoms with van der Waals surface area (Å²) in [4.78, 5) is 12.0. The zero-order valence-electron chi connectivity index (χ0n) is 9.88. The number of nitrogens with zero attached hydrogens (tertiary/aromatic N) is 1. The second-order valence-electron chi connectivity index (χ2n) is 4.18. The monoisotopic (exact) mass is 255 g/mol. The molecule has 0 saturated carbocycles. The number of fused-ring (bicyclic) bond motifs is 1. The molecule has 0 aliphatic carbocycles. The molecule has 0 unspecified atom stereocenters. The van der Waals surface area contributed by atoms with Gasteiger partial charge in [-0.25, -0.2) is 8.96 Å². The molecule has 1 heterocycles. The SMILES string of the molecule is O=c1cc2ccccc2c(O)n1-c1ccccc1F. The summed E-state index contributed by atoms with van der Waals surface area (Å²) in [6.07, 6.45) is 0. The molecule has 19 heavy (non-hydrogen) atoms. The van der Waals surface area contributed by atoms with Crippen molar-refractivity contribution in [2.45, 2.75) is 0 Å². The smallest absolute Gasteiger partial charge is 0.258 e. The molecule has 1 N–H and O–H groups in total. The number of hydrogen-bond acceptors (Lipinski definition) is 2. The summed E-state index contributed by atoms with van der Waals surface area (Å²) >= 11 is 0. The Morgan fingerprint density at radius 3 is 2.47 bits per heavy atom. The van der Waals surface area contributed by atoms with Crippen LogP contribution >= 0.6 is 0 Å². The maximum Gasteiger partial charge on any atom is 0.258 e. The van der Waals surface area contributed by atoms with Gasteiger partial charge in [-0.15, -0.1) is 0 Å². The van der Waals surface area contributed by atoms with Gasteiger partial charge in [-0.05, 0) is 23.6 Å². The number of pyridine rings is 1. The summed E-state index contributed by atoms with van der Waals surface area (Å²) in [5.74, 6) is -0.816. The van der Waals surface area contributed by atoms with E-state index in [1.807, 2.05) is 0 Å². The lowest BCUT2D eigenvalue weighted by Gasteiger charge is -2.11. The Labute approximate surface area is 108 Å². The number of aromatic hydroxyl groups is 1. The van der Waals surface area contributed by atoms with Crippen LogP contribution in [0.25, 0.3) is 16.5 Å². The number of para-hydroxylation sites is 1. The van der Waals surface area contributed by atoms with E-state index in [4.69, 9.17) is 0 Å². The number of aromatic nitrogens is 1. The van der Waals surface area contributed by atoms with Crippen LogP contribution in [-0.4, -0.2) is 9.67 Å². The lowest BCUT2D eigenvalue weighted by molar-refractivity contribution is 0.439. The van der Waals surface area contributed by atoms with Gasteiger partial charge in [-0.3, -0.25) is 4.79 Å². The molecule has 3 rings (SSSR count). The van der Waals surface area contributed by atoms with Gasteiger partial charge in [0.2, 0.25) is 5.88 Å². The lowest BCUT2D eigenvalue weighted by atomic mass is 10.1. The molecule has 0 spiro atoms. The Morgan fingerprint density at radius 1 is 1.00 bits per heavy atom. The highest BCUT2D eigenvalue weighted by molar-refractivity contribution is 5.87. The van der Waals surface area contributed by atoms with Crippen molar-refractivity contribution in [1.82, 2.24) is 4.57 Å². The van der Waals surface area contributed by atoms with Crippen LogP contribution in [0.4, 0.5) is 4.39 Å². The van der Waals surface area contributed by atoms with E-state index in [0.717, 1.165) is 4.57 Å². The molecular weight excluding hydrogens is 245 g/mol. The normalized spacial score (nSPS) is 10.8. The molecule has 4 heteroatoms. The van der Waals surface area contributed by atoms with Crippen molar-refractivity contribution < 1.29 is 9.50 Å². The molecule has 0 saturated heterocycles. The number of rotatable bonds is 1. The first-order valence-corrected chi connectivity index (χ1v) is 5.77. The van der Waals surface area contributed by atoms with Crippen molar-refractivity contribution in [1.29, 1.82) is 0 Å². The molecule has 3 nitrogen and oxygen atoms in total. The average Bonchev–Trinajstić information content (AvgIpc) is 2.41. The van der Waals surface area contributed by atoms with E-state index in [1.165, 1.54) is 24.3 Å². The van der Waals surface area contributed by atoms with Crippen molar-refractivity contribution >= 4 is 10.8 Å². The van der Waals surface area contributed by atoms with Crippen LogP contribution in [-0.2, 0) is 0 Å². The summed E-state index contributed by atoms with van der Waals surface area (Å²) in [6.45, 7) is 0. The van der Waals surface area contributed by atoms with Crippen LogP contribution in [0.1, 0.15) is 0 Å². The Kier molecular flexibility index (Phi) is 2.56. The Morgan fingerprint density at radius 2 is 1.68 bits per heavy atom. The summed E-state index contributed by atoms with van der Waals surface area (Å²) in [5, 5.41) is 11.3. The fourth-order valence-electron chi connectivity index (χ4n) is 2.11. The maximum absolute atomic E-state index is 13.8. The molecule has 0 bridgehead atoms. The quantitative estimate of drug-likeness (QED) is 0.726. The van der Waals surface area contributed by atoms with Crippen LogP contribution in [0.15, 0.2) is 59.4 Å². The molecular formula is C15H10FNO2. The minimum Gasteiger partial charge on any atom is -0.494 e. The summed E-state index contributed by atoms with van der Waals surface area (Å²) in [5.41, 5.74) is -0.433. The van der Waals surface area contributed by atoms with E-state index in [0.29, 0.717) is 10.8 Å². The van der Waals surface area contributed by atoms with Crippen molar-refractivity contribution in [2.24, 2.45) is 0 Å². The first-order chi connectivity index (χ1) is 9.18. The van der Waals surface area contributed by atoms with Gasteiger partial charge < -0.3 is 5.11 Å². The van der Waals surface area contributed by atoms with Crippen molar-refractivity contribution in [3.63, 3.8) is 0 Å². The molecule has 0 aliphatic heterocycles. The Hall–Kier alpha value is -2.62. The van der Waals surface area contributed by atoms with Gasteiger partial charge in [0.1, 0.15) is 5.82 Å². The van der Waals surface area contributed by atoms with Gasteiger partial charge in [0.15, 0.2) is 0 Å². The molecule has 0 atom stereocenters. The van der Waals surface area contributed by atoms with Gasteiger partial charge >= 0.3 is 0 Å². The molecule has 2 aromatic carbocycles. The van der Waals surface area contributed by atoms with Crippen LogP contribution in [0, 0.1) is 5.82 Å². The Balaban J connectivity index is 2.43. The molecule has 1 aromatic heterocycles. The number of benzene rings is 2. The third-order valence-electron chi connectivity index (χ3n) is 3.01. The standard InChI is InChI=1S/C15H10FNO2/c16-12-7-3-4-8-13(12)17-14(18)9-10-5-1-2-6-11(10)15(17)19/h1-9,19H. The molecule has 0 amide bonds. The predicted molar refractivity (Wildman–Crippen MR) is 71.2 cm³/mol. The van der Waals surface area contributed by atoms with Crippen molar-refractivity contribution in [3.05, 3.63) is 70.8 Å². The first-order valence-electron chi connectivity index (χ1n) is 5.77. The zero-order chi connectivity index (χ0) is 13.4. The van der Waals surface area contributed by atoms with E-state index < -0.39 is 11.4 Å². The molecule has 0 aliphatic rings. The number of halogens is 1. The fourth-order valence-corrected chi connectivity index (χ4v) is 2.11. The molecule has 3 aromatic rings. The van der Waals surface area contributed by atoms with Gasteiger partial charge in [0, 0.05) is 11.5 Å². The average molecular weight is 255 g/mol. The fraction of sp³-hybridized carbons (Fsp3) is 0. The van der Waals surface area contributed by atoms with Gasteiger partial charge in [0.25, 0.3) is 5.56 Å². The van der Waals surface area contributed by atoms with E-state index in [1.54, 1.807) is 30.3 Å². The van der Waals surface area contributed by atoms with Crippen molar-refractivity contribution in [2.75, 3.05) is 0 Å². The second kappa shape index (κ2) is 4.24. The largest absolute Gasteiger partial charge is 0.494 e. The molecule has 0 fully saturated rings. The van der Waals surface area contributed by atoms with Crippen LogP contribution in [0.2, 0.25) is 0 Å². The Bertz CT molecular complexity index is 824. The first kappa shape index (κ1) is 11.5. The summed E-state index contributed by atoms with van der Waals surface area (Å²) in [7, 11) is 0. The van der Waals surface area contributed by atoms with E-state index >= 15 is 0 Å². The molecule has 0 radical (unpaired) electrons. The topological polar surface area (TPSA) is 42.2 Å². The summed E-state index contributed by atoms with van der Waals surface area (Å²) in [6, 6.07) is 14.1. The minimum absolute atomic E-state index is 0.0377. The van der Waals surface area contributed by atoms with Gasteiger partial charge in [0.05, 0.1) is 5.69 Å². The highest BCUT2D eigenvalue weighted by Gasteiger charge is 2.12. The zero-order valence-corrected chi connectivity index (χ0v) is 9.88. The third kappa shape index (κ3) is 1.78. The highest BCUT2D eigenvalue weighted by Crippen LogP contribution is 2.25. The molecule has 94 valence electrons. The van der Waals surface area contributed by atoms with Crippen LogP contribution < -0.4 is 5.56 Å². The minimum atomic E-state index is -0.560. The van der Waals surface area contributed by atoms with Gasteiger partial charge in [-0.2, -0.15) is 0 Å². The lowest BCUT2D eigenvalue weighted by Crippen LogP contribution is -2.18. The third-order valence-corrected chi connectivity index (χ3v) is 3.01. The second-order valence-corrected chi connectivity index (χ2v) is 4.18. The van der Waals surface area contributed by atoms with E-state index in [2.05, 4.69) is 0 Å². The summed E-state index contributed by atoms with van der Waals surface area (Å²) < 4.78 is 14.7. The number of hydrogen-bond donors (Lipinski definition) is 1.